The van der Waals surface area contributed by atoms with Crippen LogP contribution in [0.5, 0.6) is 0 Å². The van der Waals surface area contributed by atoms with E-state index in [1.54, 1.807) is 13.8 Å². The predicted octanol–water partition coefficient (Wildman–Crippen LogP) is 4.06. The maximum atomic E-state index is 12.5. The molecule has 1 unspecified atom stereocenters. The predicted molar refractivity (Wildman–Crippen MR) is 117 cm³/mol. The molecule has 0 bridgehead atoms. The quantitative estimate of drug-likeness (QED) is 0.318. The number of rotatable bonds is 7. The van der Waals surface area contributed by atoms with Gasteiger partial charge in [0.2, 0.25) is 0 Å². The van der Waals surface area contributed by atoms with Gasteiger partial charge < -0.3 is 20.1 Å². The van der Waals surface area contributed by atoms with Gasteiger partial charge in [0.1, 0.15) is 12.0 Å². The standard InChI is InChI=1S/C25H26O5/c1-3-25(13-26,14-27)24(29)30-12-19-7-5-16-4-6-17-10-20(15(2)28)11-18-8-9-21(19)23(16)22(17)18/h4-11,15,26-28H,3,12-14H2,1-2H3. The molecule has 156 valence electrons. The second-order valence-electron chi connectivity index (χ2n) is 8.05. The second-order valence-corrected chi connectivity index (χ2v) is 8.05. The monoisotopic (exact) mass is 406 g/mol. The number of benzene rings is 4. The average molecular weight is 406 g/mol. The normalized spacial score (nSPS) is 13.4. The summed E-state index contributed by atoms with van der Waals surface area (Å²) in [5.41, 5.74) is 0.464. The maximum absolute atomic E-state index is 12.5. The van der Waals surface area contributed by atoms with Gasteiger partial charge >= 0.3 is 5.97 Å². The van der Waals surface area contributed by atoms with E-state index in [0.717, 1.165) is 43.4 Å². The molecule has 4 aromatic rings. The van der Waals surface area contributed by atoms with Crippen LogP contribution in [0, 0.1) is 5.41 Å². The molecule has 0 fully saturated rings. The molecule has 0 heterocycles. The molecule has 0 amide bonds. The van der Waals surface area contributed by atoms with Crippen molar-refractivity contribution in [1.82, 2.24) is 0 Å². The van der Waals surface area contributed by atoms with E-state index in [-0.39, 0.29) is 6.61 Å². The van der Waals surface area contributed by atoms with Crippen LogP contribution in [0.15, 0.2) is 48.5 Å². The third-order valence-corrected chi connectivity index (χ3v) is 6.27. The molecule has 0 saturated carbocycles. The molecular weight excluding hydrogens is 380 g/mol. The Morgan fingerprint density at radius 1 is 0.967 bits per heavy atom. The van der Waals surface area contributed by atoms with Crippen molar-refractivity contribution in [2.24, 2.45) is 5.41 Å². The first-order valence-corrected chi connectivity index (χ1v) is 10.2. The van der Waals surface area contributed by atoms with Gasteiger partial charge in [-0.05, 0) is 68.9 Å². The summed E-state index contributed by atoms with van der Waals surface area (Å²) in [4.78, 5) is 12.5. The fraction of sp³-hybridized carbons (Fsp3) is 0.320. The van der Waals surface area contributed by atoms with Crippen molar-refractivity contribution in [3.8, 4) is 0 Å². The van der Waals surface area contributed by atoms with Crippen molar-refractivity contribution in [1.29, 1.82) is 0 Å². The number of hydrogen-bond acceptors (Lipinski definition) is 5. The fourth-order valence-corrected chi connectivity index (χ4v) is 4.11. The van der Waals surface area contributed by atoms with Crippen molar-refractivity contribution < 1.29 is 24.9 Å². The Labute approximate surface area is 174 Å². The lowest BCUT2D eigenvalue weighted by Gasteiger charge is -2.26. The number of aliphatic hydroxyl groups is 3. The number of carbonyl (C=O) groups excluding carboxylic acids is 1. The molecule has 1 atom stereocenters. The van der Waals surface area contributed by atoms with Gasteiger partial charge in [-0.15, -0.1) is 0 Å². The molecule has 0 aliphatic rings. The van der Waals surface area contributed by atoms with Crippen LogP contribution in [-0.2, 0) is 16.1 Å². The summed E-state index contributed by atoms with van der Waals surface area (Å²) in [6.45, 7) is 2.65. The molecule has 4 aromatic carbocycles. The maximum Gasteiger partial charge on any atom is 0.317 e. The zero-order valence-corrected chi connectivity index (χ0v) is 17.2. The summed E-state index contributed by atoms with van der Waals surface area (Å²) in [5, 5.41) is 35.6. The minimum absolute atomic E-state index is 0.0632. The largest absolute Gasteiger partial charge is 0.460 e. The van der Waals surface area contributed by atoms with Gasteiger partial charge in [0, 0.05) is 0 Å². The molecule has 30 heavy (non-hydrogen) atoms. The average Bonchev–Trinajstić information content (AvgIpc) is 2.77. The Morgan fingerprint density at radius 2 is 1.57 bits per heavy atom. The van der Waals surface area contributed by atoms with E-state index in [2.05, 4.69) is 12.1 Å². The van der Waals surface area contributed by atoms with E-state index in [1.807, 2.05) is 36.4 Å². The Morgan fingerprint density at radius 3 is 2.17 bits per heavy atom. The van der Waals surface area contributed by atoms with Crippen molar-refractivity contribution >= 4 is 38.3 Å². The van der Waals surface area contributed by atoms with E-state index in [9.17, 15) is 20.1 Å². The molecule has 0 spiro atoms. The number of esters is 1. The van der Waals surface area contributed by atoms with Gasteiger partial charge in [0.05, 0.1) is 19.3 Å². The molecule has 4 rings (SSSR count). The lowest BCUT2D eigenvalue weighted by Crippen LogP contribution is -2.39. The summed E-state index contributed by atoms with van der Waals surface area (Å²) >= 11 is 0. The van der Waals surface area contributed by atoms with E-state index >= 15 is 0 Å². The van der Waals surface area contributed by atoms with Crippen LogP contribution >= 0.6 is 0 Å². The molecule has 0 saturated heterocycles. The van der Waals surface area contributed by atoms with Crippen molar-refractivity contribution in [3.63, 3.8) is 0 Å². The van der Waals surface area contributed by atoms with E-state index in [4.69, 9.17) is 4.74 Å². The Kier molecular flexibility index (Phi) is 5.36. The zero-order valence-electron chi connectivity index (χ0n) is 17.2. The first kappa shape index (κ1) is 20.5. The molecule has 0 aliphatic carbocycles. The Bertz CT molecular complexity index is 1180. The number of ether oxygens (including phenoxy) is 1. The summed E-state index contributed by atoms with van der Waals surface area (Å²) in [6, 6.07) is 16.1. The van der Waals surface area contributed by atoms with E-state index < -0.39 is 30.7 Å². The third-order valence-electron chi connectivity index (χ3n) is 6.27. The fourth-order valence-electron chi connectivity index (χ4n) is 4.11. The minimum Gasteiger partial charge on any atom is -0.460 e. The highest BCUT2D eigenvalue weighted by Gasteiger charge is 2.37. The molecule has 0 aliphatic heterocycles. The van der Waals surface area contributed by atoms with Crippen LogP contribution in [0.2, 0.25) is 0 Å². The summed E-state index contributed by atoms with van der Waals surface area (Å²) in [6.07, 6.45) is -0.248. The number of aliphatic hydroxyl groups excluding tert-OH is 3. The zero-order chi connectivity index (χ0) is 21.5. The highest BCUT2D eigenvalue weighted by Crippen LogP contribution is 2.38. The molecule has 3 N–H and O–H groups in total. The third kappa shape index (κ3) is 3.19. The lowest BCUT2D eigenvalue weighted by atomic mass is 9.87. The summed E-state index contributed by atoms with van der Waals surface area (Å²) in [7, 11) is 0. The Balaban J connectivity index is 1.78. The van der Waals surface area contributed by atoms with Gasteiger partial charge in [0.25, 0.3) is 0 Å². The van der Waals surface area contributed by atoms with Crippen LogP contribution in [0.25, 0.3) is 32.3 Å². The highest BCUT2D eigenvalue weighted by atomic mass is 16.5. The van der Waals surface area contributed by atoms with E-state index in [0.29, 0.717) is 6.42 Å². The van der Waals surface area contributed by atoms with Crippen molar-refractivity contribution in [2.45, 2.75) is 33.0 Å². The molecular formula is C25H26O5. The number of carbonyl (C=O) groups is 1. The van der Waals surface area contributed by atoms with Crippen LogP contribution < -0.4 is 0 Å². The molecule has 5 heteroatoms. The van der Waals surface area contributed by atoms with Gasteiger partial charge in [-0.3, -0.25) is 4.79 Å². The molecule has 0 radical (unpaired) electrons. The van der Waals surface area contributed by atoms with Gasteiger partial charge in [-0.25, -0.2) is 0 Å². The van der Waals surface area contributed by atoms with Gasteiger partial charge in [-0.2, -0.15) is 0 Å². The van der Waals surface area contributed by atoms with Crippen molar-refractivity contribution in [3.05, 3.63) is 59.7 Å². The topological polar surface area (TPSA) is 87.0 Å². The second kappa shape index (κ2) is 7.84. The highest BCUT2D eigenvalue weighted by molar-refractivity contribution is 6.23. The van der Waals surface area contributed by atoms with Crippen LogP contribution in [-0.4, -0.2) is 34.5 Å². The lowest BCUT2D eigenvalue weighted by molar-refractivity contribution is -0.163. The Hall–Kier alpha value is -2.73. The first-order chi connectivity index (χ1) is 14.4. The van der Waals surface area contributed by atoms with Crippen LogP contribution in [0.1, 0.15) is 37.5 Å². The molecule has 5 nitrogen and oxygen atoms in total. The van der Waals surface area contributed by atoms with Crippen LogP contribution in [0.3, 0.4) is 0 Å². The number of hydrogen-bond donors (Lipinski definition) is 3. The SMILES string of the molecule is CCC(CO)(CO)C(=O)OCc1ccc2ccc3cc(C(C)O)cc4ccc1c2c34. The smallest absolute Gasteiger partial charge is 0.317 e. The first-order valence-electron chi connectivity index (χ1n) is 10.2. The van der Waals surface area contributed by atoms with E-state index in [1.165, 1.54) is 0 Å². The minimum atomic E-state index is -1.28. The summed E-state index contributed by atoms with van der Waals surface area (Å²) < 4.78 is 5.52. The summed E-state index contributed by atoms with van der Waals surface area (Å²) in [5.74, 6) is -0.595. The van der Waals surface area contributed by atoms with Crippen LogP contribution in [0.4, 0.5) is 0 Å². The molecule has 0 aromatic heterocycles. The van der Waals surface area contributed by atoms with Gasteiger partial charge in [0.15, 0.2) is 0 Å². The van der Waals surface area contributed by atoms with Crippen molar-refractivity contribution in [2.75, 3.05) is 13.2 Å². The van der Waals surface area contributed by atoms with Gasteiger partial charge in [-0.1, -0.05) is 43.3 Å².